The number of phenols is 1. The summed E-state index contributed by atoms with van der Waals surface area (Å²) in [6.45, 7) is 0. The van der Waals surface area contributed by atoms with Crippen LogP contribution in [0.15, 0.2) is 36.4 Å². The van der Waals surface area contributed by atoms with E-state index in [0.29, 0.717) is 12.1 Å². The van der Waals surface area contributed by atoms with Gasteiger partial charge in [0, 0.05) is 24.7 Å². The van der Waals surface area contributed by atoms with Gasteiger partial charge in [-0.15, -0.1) is 0 Å². The minimum atomic E-state index is -0.625. The van der Waals surface area contributed by atoms with E-state index in [1.54, 1.807) is 24.3 Å². The third-order valence-corrected chi connectivity index (χ3v) is 2.92. The van der Waals surface area contributed by atoms with Crippen molar-refractivity contribution in [3.63, 3.8) is 0 Å². The molecule has 0 bridgehead atoms. The second-order valence-corrected chi connectivity index (χ2v) is 4.52. The van der Waals surface area contributed by atoms with E-state index >= 15 is 0 Å². The summed E-state index contributed by atoms with van der Waals surface area (Å²) in [5, 5.41) is 11.9. The van der Waals surface area contributed by atoms with Crippen molar-refractivity contribution >= 4 is 11.8 Å². The summed E-state index contributed by atoms with van der Waals surface area (Å²) in [7, 11) is 1.48. The number of pyridine rings is 1. The smallest absolute Gasteiger partial charge is 0.269 e. The highest BCUT2D eigenvalue weighted by atomic mass is 16.3. The number of amides is 2. The Balaban J connectivity index is 2.40. The van der Waals surface area contributed by atoms with Gasteiger partial charge in [-0.25, -0.2) is 4.98 Å². The molecule has 0 saturated heterocycles. The van der Waals surface area contributed by atoms with Crippen molar-refractivity contribution in [1.29, 1.82) is 0 Å². The van der Waals surface area contributed by atoms with E-state index in [-0.39, 0.29) is 17.0 Å². The normalized spacial score (nSPS) is 10.1. The standard InChI is InChI=1S/C15H15N3O3/c1-17-15(21)13-8-10(14(16)20)7-11(18-13)5-9-3-2-4-12(19)6-9/h2-4,6-8,19H,5H2,1H3,(H2,16,20)(H,17,21). The molecule has 0 unspecified atom stereocenters. The molecule has 0 aliphatic heterocycles. The van der Waals surface area contributed by atoms with Gasteiger partial charge >= 0.3 is 0 Å². The van der Waals surface area contributed by atoms with E-state index in [2.05, 4.69) is 10.3 Å². The second-order valence-electron chi connectivity index (χ2n) is 4.52. The summed E-state index contributed by atoms with van der Waals surface area (Å²) in [6.07, 6.45) is 0.375. The minimum absolute atomic E-state index is 0.129. The van der Waals surface area contributed by atoms with Gasteiger partial charge in [0.05, 0.1) is 0 Å². The first kappa shape index (κ1) is 14.5. The van der Waals surface area contributed by atoms with Crippen LogP contribution in [0.5, 0.6) is 5.75 Å². The Kier molecular flexibility index (Phi) is 4.18. The van der Waals surface area contributed by atoms with Crippen LogP contribution in [0.2, 0.25) is 0 Å². The lowest BCUT2D eigenvalue weighted by Gasteiger charge is -2.07. The van der Waals surface area contributed by atoms with Crippen LogP contribution in [0.4, 0.5) is 0 Å². The zero-order chi connectivity index (χ0) is 15.4. The minimum Gasteiger partial charge on any atom is -0.508 e. The molecular formula is C15H15N3O3. The second kappa shape index (κ2) is 6.04. The Labute approximate surface area is 121 Å². The molecule has 0 spiro atoms. The Morgan fingerprint density at radius 2 is 2.05 bits per heavy atom. The van der Waals surface area contributed by atoms with Crippen LogP contribution in [0.25, 0.3) is 0 Å². The number of nitrogens with zero attached hydrogens (tertiary/aromatic N) is 1. The Hall–Kier alpha value is -2.89. The predicted molar refractivity (Wildman–Crippen MR) is 77.1 cm³/mol. The number of aromatic nitrogens is 1. The molecule has 108 valence electrons. The van der Waals surface area contributed by atoms with Crippen LogP contribution in [-0.2, 0) is 6.42 Å². The largest absolute Gasteiger partial charge is 0.508 e. The summed E-state index contributed by atoms with van der Waals surface area (Å²) >= 11 is 0. The summed E-state index contributed by atoms with van der Waals surface area (Å²) < 4.78 is 0. The average Bonchev–Trinajstić information content (AvgIpc) is 2.46. The number of nitrogens with one attached hydrogen (secondary N) is 1. The van der Waals surface area contributed by atoms with E-state index in [1.165, 1.54) is 13.1 Å². The molecule has 0 saturated carbocycles. The molecule has 0 radical (unpaired) electrons. The first-order valence-corrected chi connectivity index (χ1v) is 6.30. The number of primary amides is 1. The number of nitrogens with two attached hydrogens (primary N) is 1. The zero-order valence-corrected chi connectivity index (χ0v) is 11.5. The van der Waals surface area contributed by atoms with Gasteiger partial charge < -0.3 is 16.2 Å². The third kappa shape index (κ3) is 3.56. The maximum absolute atomic E-state index is 11.7. The molecular weight excluding hydrogens is 270 g/mol. The van der Waals surface area contributed by atoms with Crippen LogP contribution in [0, 0.1) is 0 Å². The molecule has 1 aromatic carbocycles. The highest BCUT2D eigenvalue weighted by Crippen LogP contribution is 2.15. The van der Waals surface area contributed by atoms with Crippen molar-refractivity contribution in [1.82, 2.24) is 10.3 Å². The van der Waals surface area contributed by atoms with Gasteiger partial charge in [-0.1, -0.05) is 12.1 Å². The van der Waals surface area contributed by atoms with Gasteiger partial charge in [-0.2, -0.15) is 0 Å². The van der Waals surface area contributed by atoms with E-state index < -0.39 is 11.8 Å². The molecule has 1 aromatic heterocycles. The van der Waals surface area contributed by atoms with Crippen molar-refractivity contribution in [2.75, 3.05) is 7.05 Å². The van der Waals surface area contributed by atoms with E-state index in [1.807, 2.05) is 6.07 Å². The number of benzene rings is 1. The Morgan fingerprint density at radius 1 is 1.29 bits per heavy atom. The van der Waals surface area contributed by atoms with Crippen LogP contribution in [0.1, 0.15) is 32.1 Å². The molecule has 0 fully saturated rings. The van der Waals surface area contributed by atoms with Gasteiger partial charge in [0.1, 0.15) is 11.4 Å². The van der Waals surface area contributed by atoms with Gasteiger partial charge in [-0.3, -0.25) is 9.59 Å². The fraction of sp³-hybridized carbons (Fsp3) is 0.133. The van der Waals surface area contributed by atoms with E-state index in [9.17, 15) is 14.7 Å². The number of hydrogen-bond acceptors (Lipinski definition) is 4. The Bertz CT molecular complexity index is 698. The maximum Gasteiger partial charge on any atom is 0.269 e. The van der Waals surface area contributed by atoms with Crippen molar-refractivity contribution in [3.8, 4) is 5.75 Å². The number of carbonyl (C=O) groups is 2. The van der Waals surface area contributed by atoms with Gasteiger partial charge in [0.25, 0.3) is 5.91 Å². The predicted octanol–water partition coefficient (Wildman–Crippen LogP) is 0.836. The topological polar surface area (TPSA) is 105 Å². The van der Waals surface area contributed by atoms with E-state index in [4.69, 9.17) is 5.73 Å². The van der Waals surface area contributed by atoms with Crippen LogP contribution < -0.4 is 11.1 Å². The van der Waals surface area contributed by atoms with Crippen molar-refractivity contribution in [3.05, 3.63) is 58.9 Å². The van der Waals surface area contributed by atoms with Crippen LogP contribution in [0.3, 0.4) is 0 Å². The number of aromatic hydroxyl groups is 1. The van der Waals surface area contributed by atoms with E-state index in [0.717, 1.165) is 5.56 Å². The summed E-state index contributed by atoms with van der Waals surface area (Å²) in [5.41, 5.74) is 6.96. The molecule has 6 nitrogen and oxygen atoms in total. The fourth-order valence-electron chi connectivity index (χ4n) is 1.94. The molecule has 4 N–H and O–H groups in total. The summed E-state index contributed by atoms with van der Waals surface area (Å²) in [4.78, 5) is 27.2. The quantitative estimate of drug-likeness (QED) is 0.773. The molecule has 0 aliphatic carbocycles. The maximum atomic E-state index is 11.7. The highest BCUT2D eigenvalue weighted by Gasteiger charge is 2.12. The molecule has 1 heterocycles. The molecule has 0 aliphatic rings. The van der Waals surface area contributed by atoms with Crippen LogP contribution in [-0.4, -0.2) is 29.0 Å². The fourth-order valence-corrected chi connectivity index (χ4v) is 1.94. The number of phenolic OH excluding ortho intramolecular Hbond substituents is 1. The number of carbonyl (C=O) groups excluding carboxylic acids is 2. The van der Waals surface area contributed by atoms with Gasteiger partial charge in [0.15, 0.2) is 0 Å². The molecule has 21 heavy (non-hydrogen) atoms. The lowest BCUT2D eigenvalue weighted by atomic mass is 10.1. The molecule has 2 aromatic rings. The summed E-state index contributed by atoms with van der Waals surface area (Å²) in [5.74, 6) is -0.875. The lowest BCUT2D eigenvalue weighted by molar-refractivity contribution is 0.0958. The first-order chi connectivity index (χ1) is 9.99. The number of rotatable bonds is 4. The lowest BCUT2D eigenvalue weighted by Crippen LogP contribution is -2.21. The molecule has 2 amide bonds. The van der Waals surface area contributed by atoms with Crippen molar-refractivity contribution in [2.45, 2.75) is 6.42 Å². The SMILES string of the molecule is CNC(=O)c1cc(C(N)=O)cc(Cc2cccc(O)c2)n1. The third-order valence-electron chi connectivity index (χ3n) is 2.92. The summed E-state index contributed by atoms with van der Waals surface area (Å²) in [6, 6.07) is 9.58. The average molecular weight is 285 g/mol. The molecule has 0 atom stereocenters. The zero-order valence-electron chi connectivity index (χ0n) is 11.5. The molecule has 6 heteroatoms. The monoisotopic (exact) mass is 285 g/mol. The van der Waals surface area contributed by atoms with Gasteiger partial charge in [-0.05, 0) is 29.8 Å². The first-order valence-electron chi connectivity index (χ1n) is 6.30. The highest BCUT2D eigenvalue weighted by molar-refractivity contribution is 5.97. The number of hydrogen-bond donors (Lipinski definition) is 3. The molecule has 2 rings (SSSR count). The van der Waals surface area contributed by atoms with Crippen molar-refractivity contribution in [2.24, 2.45) is 5.73 Å². The van der Waals surface area contributed by atoms with Crippen molar-refractivity contribution < 1.29 is 14.7 Å². The van der Waals surface area contributed by atoms with Gasteiger partial charge in [0.2, 0.25) is 5.91 Å². The van der Waals surface area contributed by atoms with Crippen LogP contribution >= 0.6 is 0 Å². The Morgan fingerprint density at radius 3 is 2.67 bits per heavy atom.